The topological polar surface area (TPSA) is 66.3 Å². The molecule has 0 aliphatic heterocycles. The fraction of sp³-hybridized carbons (Fsp3) is 0.154. The van der Waals surface area contributed by atoms with Gasteiger partial charge in [0, 0.05) is 24.6 Å². The first kappa shape index (κ1) is 12.9. The van der Waals surface area contributed by atoms with Gasteiger partial charge in [-0.2, -0.15) is 0 Å². The second-order valence-electron chi connectivity index (χ2n) is 3.80. The van der Waals surface area contributed by atoms with Gasteiger partial charge >= 0.3 is 5.97 Å². The van der Waals surface area contributed by atoms with E-state index in [1.54, 1.807) is 17.0 Å². The van der Waals surface area contributed by atoms with E-state index < -0.39 is 5.97 Å². The highest BCUT2D eigenvalue weighted by Gasteiger charge is 2.11. The van der Waals surface area contributed by atoms with Crippen LogP contribution in [0.3, 0.4) is 0 Å². The fourth-order valence-electron chi connectivity index (χ4n) is 1.63. The molecule has 5 nitrogen and oxygen atoms in total. The second kappa shape index (κ2) is 5.43. The van der Waals surface area contributed by atoms with Gasteiger partial charge in [-0.25, -0.2) is 19.2 Å². The van der Waals surface area contributed by atoms with Gasteiger partial charge in [-0.1, -0.05) is 0 Å². The van der Waals surface area contributed by atoms with Gasteiger partial charge < -0.3 is 10.0 Å². The first-order valence-electron chi connectivity index (χ1n) is 5.70. The van der Waals surface area contributed by atoms with Crippen molar-refractivity contribution in [3.63, 3.8) is 0 Å². The number of nitrogens with zero attached hydrogens (tertiary/aromatic N) is 3. The second-order valence-corrected chi connectivity index (χ2v) is 3.80. The molecule has 19 heavy (non-hydrogen) atoms. The summed E-state index contributed by atoms with van der Waals surface area (Å²) in [5.41, 5.74) is 0.769. The van der Waals surface area contributed by atoms with Crippen molar-refractivity contribution in [3.05, 3.63) is 48.0 Å². The maximum atomic E-state index is 12.9. The molecular weight excluding hydrogens is 249 g/mol. The molecule has 1 aromatic heterocycles. The molecule has 6 heteroatoms. The van der Waals surface area contributed by atoms with Crippen LogP contribution in [0.5, 0.6) is 0 Å². The molecule has 0 saturated heterocycles. The van der Waals surface area contributed by atoms with E-state index in [0.717, 1.165) is 5.69 Å². The number of anilines is 2. The Kier molecular flexibility index (Phi) is 3.70. The third-order valence-electron chi connectivity index (χ3n) is 2.58. The van der Waals surface area contributed by atoms with Crippen molar-refractivity contribution in [3.8, 4) is 0 Å². The van der Waals surface area contributed by atoms with E-state index in [0.29, 0.717) is 12.5 Å². The van der Waals surface area contributed by atoms with E-state index >= 15 is 0 Å². The van der Waals surface area contributed by atoms with Gasteiger partial charge in [-0.15, -0.1) is 0 Å². The Morgan fingerprint density at radius 1 is 1.26 bits per heavy atom. The number of carbonyl (C=O) groups is 1. The van der Waals surface area contributed by atoms with Crippen LogP contribution >= 0.6 is 0 Å². The Labute approximate surface area is 109 Å². The molecule has 0 bridgehead atoms. The molecule has 1 aromatic carbocycles. The summed E-state index contributed by atoms with van der Waals surface area (Å²) in [6, 6.07) is 5.94. The number of aromatic carboxylic acids is 1. The van der Waals surface area contributed by atoms with Gasteiger partial charge in [0.25, 0.3) is 0 Å². The lowest BCUT2D eigenvalue weighted by Crippen LogP contribution is -2.19. The summed E-state index contributed by atoms with van der Waals surface area (Å²) in [5.74, 6) is -1.02. The first-order valence-corrected chi connectivity index (χ1v) is 5.70. The highest BCUT2D eigenvalue weighted by atomic mass is 19.1. The Morgan fingerprint density at radius 3 is 2.32 bits per heavy atom. The number of carboxylic acid groups (broad SMARTS) is 1. The van der Waals surface area contributed by atoms with Crippen LogP contribution < -0.4 is 4.90 Å². The number of halogens is 1. The summed E-state index contributed by atoms with van der Waals surface area (Å²) in [7, 11) is 0. The Balaban J connectivity index is 2.31. The summed E-state index contributed by atoms with van der Waals surface area (Å²) in [6.45, 7) is 2.48. The van der Waals surface area contributed by atoms with Crippen LogP contribution in [0.4, 0.5) is 16.0 Å². The van der Waals surface area contributed by atoms with Crippen molar-refractivity contribution in [2.24, 2.45) is 0 Å². The normalized spacial score (nSPS) is 10.2. The van der Waals surface area contributed by atoms with Gasteiger partial charge in [-0.3, -0.25) is 0 Å². The highest BCUT2D eigenvalue weighted by molar-refractivity contribution is 5.86. The molecule has 0 fully saturated rings. The summed E-state index contributed by atoms with van der Waals surface area (Å²) < 4.78 is 12.9. The Bertz CT molecular complexity index is 569. The average molecular weight is 261 g/mol. The molecule has 0 amide bonds. The number of hydrogen-bond acceptors (Lipinski definition) is 4. The zero-order chi connectivity index (χ0) is 13.8. The minimum Gasteiger partial charge on any atom is -0.478 e. The van der Waals surface area contributed by atoms with E-state index in [2.05, 4.69) is 9.97 Å². The van der Waals surface area contributed by atoms with Gasteiger partial charge in [0.15, 0.2) is 0 Å². The summed E-state index contributed by atoms with van der Waals surface area (Å²) >= 11 is 0. The summed E-state index contributed by atoms with van der Waals surface area (Å²) in [4.78, 5) is 20.5. The molecule has 0 unspecified atom stereocenters. The number of benzene rings is 1. The van der Waals surface area contributed by atoms with E-state index in [-0.39, 0.29) is 11.4 Å². The lowest BCUT2D eigenvalue weighted by Gasteiger charge is -2.20. The number of hydrogen-bond donors (Lipinski definition) is 1. The van der Waals surface area contributed by atoms with Gasteiger partial charge in [0.05, 0.1) is 5.56 Å². The monoisotopic (exact) mass is 261 g/mol. The van der Waals surface area contributed by atoms with Crippen LogP contribution in [-0.2, 0) is 0 Å². The molecule has 0 radical (unpaired) electrons. The minimum absolute atomic E-state index is 0.0268. The lowest BCUT2D eigenvalue weighted by atomic mass is 10.3. The number of aromatic nitrogens is 2. The molecular formula is C13H12FN3O2. The van der Waals surface area contributed by atoms with E-state index in [4.69, 9.17) is 5.11 Å². The summed E-state index contributed by atoms with van der Waals surface area (Å²) in [6.07, 6.45) is 2.49. The molecule has 1 N–H and O–H groups in total. The zero-order valence-electron chi connectivity index (χ0n) is 10.2. The summed E-state index contributed by atoms with van der Waals surface area (Å²) in [5, 5.41) is 8.78. The average Bonchev–Trinajstić information content (AvgIpc) is 2.42. The van der Waals surface area contributed by atoms with Crippen LogP contribution in [0.25, 0.3) is 0 Å². The smallest absolute Gasteiger partial charge is 0.338 e. The molecule has 0 aliphatic carbocycles. The van der Waals surface area contributed by atoms with Crippen LogP contribution in [0.15, 0.2) is 36.7 Å². The van der Waals surface area contributed by atoms with Crippen molar-refractivity contribution in [2.45, 2.75) is 6.92 Å². The fourth-order valence-corrected chi connectivity index (χ4v) is 1.63. The van der Waals surface area contributed by atoms with Crippen LogP contribution in [0.1, 0.15) is 17.3 Å². The predicted octanol–water partition coefficient (Wildman–Crippen LogP) is 2.47. The molecule has 1 heterocycles. The quantitative estimate of drug-likeness (QED) is 0.915. The van der Waals surface area contributed by atoms with E-state index in [1.165, 1.54) is 24.5 Å². The SMILES string of the molecule is CCN(c1ccc(F)cc1)c1ncc(C(=O)O)cn1. The van der Waals surface area contributed by atoms with Crippen LogP contribution in [0, 0.1) is 5.82 Å². The molecule has 0 saturated carbocycles. The van der Waals surface area contributed by atoms with Crippen molar-refractivity contribution < 1.29 is 14.3 Å². The van der Waals surface area contributed by atoms with E-state index in [9.17, 15) is 9.18 Å². The molecule has 2 rings (SSSR count). The molecule has 2 aromatic rings. The number of rotatable bonds is 4. The van der Waals surface area contributed by atoms with Crippen molar-refractivity contribution >= 4 is 17.6 Å². The van der Waals surface area contributed by atoms with Crippen molar-refractivity contribution in [2.75, 3.05) is 11.4 Å². The maximum Gasteiger partial charge on any atom is 0.338 e. The van der Waals surface area contributed by atoms with Crippen molar-refractivity contribution in [1.29, 1.82) is 0 Å². The zero-order valence-corrected chi connectivity index (χ0v) is 10.2. The third-order valence-corrected chi connectivity index (χ3v) is 2.58. The lowest BCUT2D eigenvalue weighted by molar-refractivity contribution is 0.0696. The van der Waals surface area contributed by atoms with E-state index in [1.807, 2.05) is 6.92 Å². The molecule has 0 spiro atoms. The van der Waals surface area contributed by atoms with Crippen molar-refractivity contribution in [1.82, 2.24) is 9.97 Å². The standard InChI is InChI=1S/C13H12FN3O2/c1-2-17(11-5-3-10(14)4-6-11)13-15-7-9(8-16-13)12(18)19/h3-8H,2H2,1H3,(H,18,19). The molecule has 0 atom stereocenters. The van der Waals surface area contributed by atoms with Gasteiger partial charge in [0.1, 0.15) is 5.82 Å². The minimum atomic E-state index is -1.07. The van der Waals surface area contributed by atoms with Crippen LogP contribution in [-0.4, -0.2) is 27.6 Å². The highest BCUT2D eigenvalue weighted by Crippen LogP contribution is 2.21. The van der Waals surface area contributed by atoms with Gasteiger partial charge in [0.2, 0.25) is 5.95 Å². The maximum absolute atomic E-state index is 12.9. The molecule has 0 aliphatic rings. The Morgan fingerprint density at radius 2 is 1.84 bits per heavy atom. The largest absolute Gasteiger partial charge is 0.478 e. The third kappa shape index (κ3) is 2.85. The number of carboxylic acids is 1. The molecule has 98 valence electrons. The Hall–Kier alpha value is -2.50. The van der Waals surface area contributed by atoms with Crippen LogP contribution in [0.2, 0.25) is 0 Å². The predicted molar refractivity (Wildman–Crippen MR) is 68.1 cm³/mol. The van der Waals surface area contributed by atoms with Gasteiger partial charge in [-0.05, 0) is 31.2 Å². The first-order chi connectivity index (χ1) is 9.11.